The minimum Gasteiger partial charge on any atom is -0.296 e. The van der Waals surface area contributed by atoms with Gasteiger partial charge in [0, 0.05) is 20.0 Å². The molecule has 0 fully saturated rings. The van der Waals surface area contributed by atoms with E-state index in [-0.39, 0.29) is 17.4 Å². The van der Waals surface area contributed by atoms with Gasteiger partial charge in [-0.2, -0.15) is 0 Å². The van der Waals surface area contributed by atoms with Crippen molar-refractivity contribution in [3.63, 3.8) is 0 Å². The Kier molecular flexibility index (Phi) is 4.52. The normalized spacial score (nSPS) is 12.3. The molecule has 1 aromatic carbocycles. The molecule has 0 amide bonds. The van der Waals surface area contributed by atoms with Gasteiger partial charge < -0.3 is 0 Å². The molecule has 7 nitrogen and oxygen atoms in total. The molecule has 2 rings (SSSR count). The molecular formula is C14H19N3O4S. The highest BCUT2D eigenvalue weighted by molar-refractivity contribution is 7.89. The summed E-state index contributed by atoms with van der Waals surface area (Å²) in [4.78, 5) is 11.9. The third kappa shape index (κ3) is 3.12. The summed E-state index contributed by atoms with van der Waals surface area (Å²) in [5.41, 5.74) is 0.690. The second-order valence-electron chi connectivity index (χ2n) is 5.48. The molecule has 0 unspecified atom stereocenters. The molecule has 0 N–H and O–H groups in total. The van der Waals surface area contributed by atoms with Crippen LogP contribution in [0.2, 0.25) is 0 Å². The van der Waals surface area contributed by atoms with Crippen LogP contribution in [0.4, 0.5) is 0 Å². The summed E-state index contributed by atoms with van der Waals surface area (Å²) in [6, 6.07) is 6.50. The van der Waals surface area contributed by atoms with Gasteiger partial charge in [0.05, 0.1) is 11.4 Å². The Morgan fingerprint density at radius 3 is 2.59 bits per heavy atom. The number of sulfonamides is 1. The number of hydrogen-bond acceptors (Lipinski definition) is 5. The van der Waals surface area contributed by atoms with Crippen molar-refractivity contribution in [2.24, 2.45) is 0 Å². The second-order valence-corrected chi connectivity index (χ2v) is 7.63. The molecule has 0 aliphatic rings. The van der Waals surface area contributed by atoms with Gasteiger partial charge in [0.2, 0.25) is 10.0 Å². The van der Waals surface area contributed by atoms with E-state index in [0.717, 1.165) is 4.31 Å². The largest absolute Gasteiger partial charge is 0.441 e. The Morgan fingerprint density at radius 2 is 2.00 bits per heavy atom. The van der Waals surface area contributed by atoms with Gasteiger partial charge in [0.15, 0.2) is 5.82 Å². The maximum absolute atomic E-state index is 12.2. The molecule has 0 aliphatic carbocycles. The Bertz CT molecular complexity index is 819. The quantitative estimate of drug-likeness (QED) is 0.826. The lowest BCUT2D eigenvalue weighted by Crippen LogP contribution is -2.23. The highest BCUT2D eigenvalue weighted by Gasteiger charge is 2.18. The van der Waals surface area contributed by atoms with Crippen LogP contribution in [0.3, 0.4) is 0 Å². The van der Waals surface area contributed by atoms with Crippen LogP contribution >= 0.6 is 0 Å². The van der Waals surface area contributed by atoms with Gasteiger partial charge in [-0.25, -0.2) is 17.5 Å². The summed E-state index contributed by atoms with van der Waals surface area (Å²) in [5.74, 6) is 0.00980. The summed E-state index contributed by atoms with van der Waals surface area (Å²) < 4.78 is 31.6. The average Bonchev–Trinajstić information content (AvgIpc) is 2.80. The SMILES string of the molecule is CC(C)c1noc(=O)n1Cc1cccc(S(=O)(=O)N(C)C)c1. The Balaban J connectivity index is 2.41. The first-order chi connectivity index (χ1) is 10.2. The second kappa shape index (κ2) is 6.05. The van der Waals surface area contributed by atoms with Gasteiger partial charge in [-0.15, -0.1) is 0 Å². The first kappa shape index (κ1) is 16.4. The molecule has 120 valence electrons. The predicted octanol–water partition coefficient (Wildman–Crippen LogP) is 1.26. The van der Waals surface area contributed by atoms with Gasteiger partial charge in [0.1, 0.15) is 0 Å². The number of hydrogen-bond donors (Lipinski definition) is 0. The topological polar surface area (TPSA) is 85.4 Å². The summed E-state index contributed by atoms with van der Waals surface area (Å²) in [6.45, 7) is 4.02. The maximum atomic E-state index is 12.2. The summed E-state index contributed by atoms with van der Waals surface area (Å²) in [5, 5.41) is 3.76. The molecule has 0 bridgehead atoms. The van der Waals surface area contributed by atoms with Crippen molar-refractivity contribution in [2.45, 2.75) is 31.2 Å². The molecule has 0 saturated heterocycles. The number of rotatable bonds is 5. The lowest BCUT2D eigenvalue weighted by molar-refractivity contribution is 0.373. The number of aromatic nitrogens is 2. The van der Waals surface area contributed by atoms with E-state index in [4.69, 9.17) is 4.52 Å². The van der Waals surface area contributed by atoms with Gasteiger partial charge in [0.25, 0.3) is 0 Å². The summed E-state index contributed by atoms with van der Waals surface area (Å²) >= 11 is 0. The van der Waals surface area contributed by atoms with E-state index >= 15 is 0 Å². The van der Waals surface area contributed by atoms with E-state index in [1.54, 1.807) is 18.2 Å². The molecule has 0 radical (unpaired) electrons. The summed E-state index contributed by atoms with van der Waals surface area (Å²) in [6.07, 6.45) is 0. The van der Waals surface area contributed by atoms with Crippen LogP contribution in [-0.2, 0) is 16.6 Å². The highest BCUT2D eigenvalue weighted by Crippen LogP contribution is 2.17. The third-order valence-corrected chi connectivity index (χ3v) is 5.06. The molecule has 0 saturated carbocycles. The molecule has 8 heteroatoms. The van der Waals surface area contributed by atoms with Crippen molar-refractivity contribution in [1.29, 1.82) is 0 Å². The molecular weight excluding hydrogens is 306 g/mol. The monoisotopic (exact) mass is 325 g/mol. The van der Waals surface area contributed by atoms with Crippen LogP contribution in [0.5, 0.6) is 0 Å². The Hall–Kier alpha value is -1.93. The smallest absolute Gasteiger partial charge is 0.296 e. The lowest BCUT2D eigenvalue weighted by Gasteiger charge is -2.12. The van der Waals surface area contributed by atoms with Crippen molar-refractivity contribution >= 4 is 10.0 Å². The van der Waals surface area contributed by atoms with E-state index in [1.165, 1.54) is 24.7 Å². The van der Waals surface area contributed by atoms with Gasteiger partial charge >= 0.3 is 5.76 Å². The Labute approximate surface area is 129 Å². The Morgan fingerprint density at radius 1 is 1.32 bits per heavy atom. The fourth-order valence-corrected chi connectivity index (χ4v) is 3.01. The van der Waals surface area contributed by atoms with Gasteiger partial charge in [-0.1, -0.05) is 31.1 Å². The van der Waals surface area contributed by atoms with Crippen LogP contribution in [0.1, 0.15) is 31.2 Å². The molecule has 22 heavy (non-hydrogen) atoms. The van der Waals surface area contributed by atoms with Gasteiger partial charge in [-0.05, 0) is 17.7 Å². The van der Waals surface area contributed by atoms with Crippen molar-refractivity contribution in [2.75, 3.05) is 14.1 Å². The molecule has 0 atom stereocenters. The standard InChI is InChI=1S/C14H19N3O4S/c1-10(2)13-15-21-14(18)17(13)9-11-6-5-7-12(8-11)22(19,20)16(3)4/h5-8,10H,9H2,1-4H3. The van der Waals surface area contributed by atoms with Crippen molar-refractivity contribution in [3.05, 3.63) is 46.2 Å². The van der Waals surface area contributed by atoms with Crippen LogP contribution in [0, 0.1) is 0 Å². The first-order valence-corrected chi connectivity index (χ1v) is 8.25. The van der Waals surface area contributed by atoms with E-state index in [9.17, 15) is 13.2 Å². The predicted molar refractivity (Wildman–Crippen MR) is 81.3 cm³/mol. The van der Waals surface area contributed by atoms with Crippen molar-refractivity contribution in [1.82, 2.24) is 14.0 Å². The van der Waals surface area contributed by atoms with Crippen molar-refractivity contribution < 1.29 is 12.9 Å². The zero-order valence-electron chi connectivity index (χ0n) is 13.0. The molecule has 2 aromatic rings. The lowest BCUT2D eigenvalue weighted by atomic mass is 10.2. The van der Waals surface area contributed by atoms with Crippen LogP contribution in [0.15, 0.2) is 38.5 Å². The van der Waals surface area contributed by atoms with Crippen molar-refractivity contribution in [3.8, 4) is 0 Å². The van der Waals surface area contributed by atoms with Crippen LogP contribution in [-0.4, -0.2) is 36.5 Å². The minimum absolute atomic E-state index is 0.0279. The number of nitrogens with zero attached hydrogens (tertiary/aromatic N) is 3. The molecule has 1 aromatic heterocycles. The van der Waals surface area contributed by atoms with Crippen LogP contribution in [0.25, 0.3) is 0 Å². The van der Waals surface area contributed by atoms with E-state index < -0.39 is 15.8 Å². The fourth-order valence-electron chi connectivity index (χ4n) is 2.04. The molecule has 0 aliphatic heterocycles. The van der Waals surface area contributed by atoms with Gasteiger partial charge in [-0.3, -0.25) is 9.09 Å². The van der Waals surface area contributed by atoms with E-state index in [2.05, 4.69) is 5.16 Å². The first-order valence-electron chi connectivity index (χ1n) is 6.81. The zero-order valence-corrected chi connectivity index (χ0v) is 13.8. The third-order valence-electron chi connectivity index (χ3n) is 3.25. The zero-order chi connectivity index (χ0) is 16.5. The summed E-state index contributed by atoms with van der Waals surface area (Å²) in [7, 11) is -0.557. The highest BCUT2D eigenvalue weighted by atomic mass is 32.2. The van der Waals surface area contributed by atoms with E-state index in [1.807, 2.05) is 13.8 Å². The maximum Gasteiger partial charge on any atom is 0.441 e. The molecule has 0 spiro atoms. The van der Waals surface area contributed by atoms with E-state index in [0.29, 0.717) is 11.4 Å². The number of benzene rings is 1. The molecule has 1 heterocycles. The van der Waals surface area contributed by atoms with Crippen LogP contribution < -0.4 is 5.76 Å². The fraction of sp³-hybridized carbons (Fsp3) is 0.429. The minimum atomic E-state index is -3.51. The average molecular weight is 325 g/mol.